The summed E-state index contributed by atoms with van der Waals surface area (Å²) in [7, 11) is 1.80. The average Bonchev–Trinajstić information content (AvgIpc) is 2.90. The van der Waals surface area contributed by atoms with E-state index >= 15 is 0 Å². The van der Waals surface area contributed by atoms with Gasteiger partial charge in [-0.15, -0.1) is 36.2 Å². The van der Waals surface area contributed by atoms with Crippen LogP contribution in [-0.2, 0) is 11.3 Å². The summed E-state index contributed by atoms with van der Waals surface area (Å²) >= 11 is 1.60. The first-order valence-electron chi connectivity index (χ1n) is 6.95. The Morgan fingerprint density at radius 2 is 1.91 bits per heavy atom. The molecule has 7 heteroatoms. The third kappa shape index (κ3) is 5.77. The molecule has 1 heterocycles. The van der Waals surface area contributed by atoms with Crippen LogP contribution in [-0.4, -0.2) is 22.8 Å². The highest BCUT2D eigenvalue weighted by molar-refractivity contribution is 7.09. The summed E-state index contributed by atoms with van der Waals surface area (Å²) in [6.07, 6.45) is 0. The Balaban J connectivity index is 0.00000242. The Morgan fingerprint density at radius 1 is 1.30 bits per heavy atom. The summed E-state index contributed by atoms with van der Waals surface area (Å²) in [6, 6.07) is 9.44. The second-order valence-corrected chi connectivity index (χ2v) is 6.34. The molecule has 0 bridgehead atoms. The van der Waals surface area contributed by atoms with Gasteiger partial charge in [-0.3, -0.25) is 4.79 Å². The standard InChI is InChI=1S/C16H21N3OS.2ClH/c1-11(15(17)13-7-5-4-6-8-13)16(20)19(3)9-14-10-21-12(2)18-14;;/h4-8,10-11,15H,9,17H2,1-3H3;2*1H. The maximum absolute atomic E-state index is 12.5. The zero-order chi connectivity index (χ0) is 15.4. The number of carbonyl (C=O) groups is 1. The fourth-order valence-corrected chi connectivity index (χ4v) is 2.87. The summed E-state index contributed by atoms with van der Waals surface area (Å²) in [5.74, 6) is -0.228. The predicted octanol–water partition coefficient (Wildman–Crippen LogP) is 3.59. The van der Waals surface area contributed by atoms with Crippen LogP contribution in [0.2, 0.25) is 0 Å². The number of thiazole rings is 1. The summed E-state index contributed by atoms with van der Waals surface area (Å²) in [5.41, 5.74) is 8.12. The SMILES string of the molecule is Cc1nc(CN(C)C(=O)C(C)C(N)c2ccccc2)cs1.Cl.Cl. The van der Waals surface area contributed by atoms with Gasteiger partial charge in [-0.1, -0.05) is 37.3 Å². The van der Waals surface area contributed by atoms with Gasteiger partial charge in [0.15, 0.2) is 0 Å². The Hall–Kier alpha value is -1.14. The summed E-state index contributed by atoms with van der Waals surface area (Å²) in [4.78, 5) is 18.6. The molecule has 0 aliphatic heterocycles. The third-order valence-corrected chi connectivity index (χ3v) is 4.38. The van der Waals surface area contributed by atoms with E-state index in [2.05, 4.69) is 4.98 Å². The number of hydrogen-bond donors (Lipinski definition) is 1. The van der Waals surface area contributed by atoms with Crippen LogP contribution in [0.3, 0.4) is 0 Å². The highest BCUT2D eigenvalue weighted by Crippen LogP contribution is 2.21. The lowest BCUT2D eigenvalue weighted by Gasteiger charge is -2.25. The summed E-state index contributed by atoms with van der Waals surface area (Å²) in [6.45, 7) is 4.36. The molecule has 2 N–H and O–H groups in total. The van der Waals surface area contributed by atoms with Crippen LogP contribution >= 0.6 is 36.2 Å². The van der Waals surface area contributed by atoms with Crippen LogP contribution < -0.4 is 5.73 Å². The molecule has 2 atom stereocenters. The lowest BCUT2D eigenvalue weighted by atomic mass is 9.94. The van der Waals surface area contributed by atoms with Crippen molar-refractivity contribution in [1.29, 1.82) is 0 Å². The van der Waals surface area contributed by atoms with Crippen LogP contribution in [0, 0.1) is 12.8 Å². The molecule has 2 aromatic rings. The van der Waals surface area contributed by atoms with Gasteiger partial charge in [-0.2, -0.15) is 0 Å². The number of nitrogens with zero attached hydrogens (tertiary/aromatic N) is 2. The number of carbonyl (C=O) groups excluding carboxylic acids is 1. The number of rotatable bonds is 5. The molecule has 1 amide bonds. The van der Waals surface area contributed by atoms with Crippen molar-refractivity contribution in [3.8, 4) is 0 Å². The van der Waals surface area contributed by atoms with Crippen molar-refractivity contribution in [3.63, 3.8) is 0 Å². The first-order valence-corrected chi connectivity index (χ1v) is 7.83. The van der Waals surface area contributed by atoms with Crippen LogP contribution in [0.5, 0.6) is 0 Å². The van der Waals surface area contributed by atoms with Crippen LogP contribution in [0.15, 0.2) is 35.7 Å². The summed E-state index contributed by atoms with van der Waals surface area (Å²) < 4.78 is 0. The van der Waals surface area contributed by atoms with Crippen molar-refractivity contribution in [2.24, 2.45) is 11.7 Å². The minimum atomic E-state index is -0.293. The molecule has 0 fully saturated rings. The smallest absolute Gasteiger partial charge is 0.227 e. The normalized spacial score (nSPS) is 12.5. The van der Waals surface area contributed by atoms with E-state index in [-0.39, 0.29) is 42.7 Å². The Kier molecular flexibility index (Phi) is 9.39. The molecular weight excluding hydrogens is 353 g/mol. The van der Waals surface area contributed by atoms with Crippen molar-refractivity contribution in [2.75, 3.05) is 7.05 Å². The van der Waals surface area contributed by atoms with E-state index in [1.165, 1.54) is 0 Å². The summed E-state index contributed by atoms with van der Waals surface area (Å²) in [5, 5.41) is 3.00. The van der Waals surface area contributed by atoms with Crippen LogP contribution in [0.25, 0.3) is 0 Å². The van der Waals surface area contributed by atoms with Gasteiger partial charge >= 0.3 is 0 Å². The van der Waals surface area contributed by atoms with Crippen molar-refractivity contribution < 1.29 is 4.79 Å². The fraction of sp³-hybridized carbons (Fsp3) is 0.375. The molecule has 1 aromatic heterocycles. The van der Waals surface area contributed by atoms with E-state index in [0.717, 1.165) is 16.3 Å². The lowest BCUT2D eigenvalue weighted by Crippen LogP contribution is -2.36. The minimum absolute atomic E-state index is 0. The average molecular weight is 376 g/mol. The van der Waals surface area contributed by atoms with Crippen LogP contribution in [0.4, 0.5) is 0 Å². The predicted molar refractivity (Wildman–Crippen MR) is 100 cm³/mol. The molecule has 0 saturated carbocycles. The zero-order valence-corrected chi connectivity index (χ0v) is 15.9. The second kappa shape index (κ2) is 9.88. The fourth-order valence-electron chi connectivity index (χ4n) is 2.27. The Labute approximate surface area is 153 Å². The monoisotopic (exact) mass is 375 g/mol. The molecule has 1 aromatic carbocycles. The molecule has 0 spiro atoms. The van der Waals surface area contributed by atoms with E-state index in [1.54, 1.807) is 23.3 Å². The molecule has 2 rings (SSSR count). The third-order valence-electron chi connectivity index (χ3n) is 3.55. The first kappa shape index (κ1) is 21.9. The van der Waals surface area contributed by atoms with Gasteiger partial charge in [-0.05, 0) is 12.5 Å². The maximum Gasteiger partial charge on any atom is 0.227 e. The topological polar surface area (TPSA) is 59.2 Å². The van der Waals surface area contributed by atoms with Gasteiger partial charge in [-0.25, -0.2) is 4.98 Å². The lowest BCUT2D eigenvalue weighted by molar-refractivity contribution is -0.134. The number of hydrogen-bond acceptors (Lipinski definition) is 4. The number of aryl methyl sites for hydroxylation is 1. The van der Waals surface area contributed by atoms with Gasteiger partial charge in [0.1, 0.15) is 0 Å². The minimum Gasteiger partial charge on any atom is -0.340 e. The molecular formula is C16H23Cl2N3OS. The number of aromatic nitrogens is 1. The molecule has 0 aliphatic carbocycles. The molecule has 0 aliphatic rings. The van der Waals surface area contributed by atoms with Crippen molar-refractivity contribution in [3.05, 3.63) is 52.0 Å². The largest absolute Gasteiger partial charge is 0.340 e. The van der Waals surface area contributed by atoms with Crippen molar-refractivity contribution >= 4 is 42.1 Å². The van der Waals surface area contributed by atoms with E-state index in [0.29, 0.717) is 6.54 Å². The Morgan fingerprint density at radius 3 is 2.43 bits per heavy atom. The van der Waals surface area contributed by atoms with E-state index < -0.39 is 0 Å². The Bertz CT molecular complexity index is 606. The molecule has 4 nitrogen and oxygen atoms in total. The number of nitrogens with two attached hydrogens (primary N) is 1. The van der Waals surface area contributed by atoms with Gasteiger partial charge in [0.25, 0.3) is 0 Å². The van der Waals surface area contributed by atoms with Crippen molar-refractivity contribution in [1.82, 2.24) is 9.88 Å². The zero-order valence-electron chi connectivity index (χ0n) is 13.4. The molecule has 128 valence electrons. The van der Waals surface area contributed by atoms with Gasteiger partial charge in [0.2, 0.25) is 5.91 Å². The first-order chi connectivity index (χ1) is 9.99. The molecule has 23 heavy (non-hydrogen) atoms. The molecule has 0 radical (unpaired) electrons. The van der Waals surface area contributed by atoms with E-state index in [4.69, 9.17) is 5.73 Å². The number of benzene rings is 1. The second-order valence-electron chi connectivity index (χ2n) is 5.28. The quantitative estimate of drug-likeness (QED) is 0.868. The van der Waals surface area contributed by atoms with E-state index in [1.807, 2.05) is 49.6 Å². The van der Waals surface area contributed by atoms with Gasteiger partial charge < -0.3 is 10.6 Å². The maximum atomic E-state index is 12.5. The van der Waals surface area contributed by atoms with Crippen molar-refractivity contribution in [2.45, 2.75) is 26.4 Å². The van der Waals surface area contributed by atoms with Gasteiger partial charge in [0.05, 0.1) is 23.2 Å². The highest BCUT2D eigenvalue weighted by atomic mass is 35.5. The molecule has 0 saturated heterocycles. The van der Waals surface area contributed by atoms with Gasteiger partial charge in [0, 0.05) is 18.5 Å². The number of amides is 1. The van der Waals surface area contributed by atoms with E-state index in [9.17, 15) is 4.79 Å². The molecule has 2 unspecified atom stereocenters. The number of halogens is 2. The highest BCUT2D eigenvalue weighted by Gasteiger charge is 2.25. The van der Waals surface area contributed by atoms with Crippen LogP contribution in [0.1, 0.15) is 29.2 Å².